The van der Waals surface area contributed by atoms with E-state index in [0.29, 0.717) is 6.54 Å². The molecule has 0 saturated carbocycles. The standard InChI is InChI=1S/C15H26N2O2S2/c1-16-12-14-6-8-15(9-7-14)13-21(18,19)17-10-4-3-5-11-20-2/h6-9,16-17H,3-5,10-13H2,1-2H3. The summed E-state index contributed by atoms with van der Waals surface area (Å²) in [6.07, 6.45) is 5.21. The average molecular weight is 331 g/mol. The summed E-state index contributed by atoms with van der Waals surface area (Å²) >= 11 is 1.83. The topological polar surface area (TPSA) is 58.2 Å². The average Bonchev–Trinajstić information content (AvgIpc) is 2.45. The molecule has 0 aliphatic heterocycles. The summed E-state index contributed by atoms with van der Waals surface area (Å²) in [5.41, 5.74) is 1.98. The molecule has 6 heteroatoms. The van der Waals surface area contributed by atoms with Crippen LogP contribution in [0.2, 0.25) is 0 Å². The third-order valence-corrected chi connectivity index (χ3v) is 5.16. The Hall–Kier alpha value is -0.560. The zero-order valence-corrected chi connectivity index (χ0v) is 14.5. The number of sulfonamides is 1. The second-order valence-electron chi connectivity index (χ2n) is 5.05. The van der Waals surface area contributed by atoms with E-state index in [9.17, 15) is 8.42 Å². The van der Waals surface area contributed by atoms with Gasteiger partial charge < -0.3 is 5.32 Å². The molecule has 0 aliphatic rings. The van der Waals surface area contributed by atoms with E-state index < -0.39 is 10.0 Å². The fourth-order valence-electron chi connectivity index (χ4n) is 2.00. The number of benzene rings is 1. The van der Waals surface area contributed by atoms with Crippen molar-refractivity contribution in [1.29, 1.82) is 0 Å². The lowest BCUT2D eigenvalue weighted by atomic mass is 10.1. The summed E-state index contributed by atoms with van der Waals surface area (Å²) in [4.78, 5) is 0. The van der Waals surface area contributed by atoms with Crippen LogP contribution in [0.15, 0.2) is 24.3 Å². The van der Waals surface area contributed by atoms with E-state index in [1.165, 1.54) is 0 Å². The Kier molecular flexibility index (Phi) is 8.99. The van der Waals surface area contributed by atoms with Crippen molar-refractivity contribution in [3.63, 3.8) is 0 Å². The van der Waals surface area contributed by atoms with Crippen LogP contribution >= 0.6 is 11.8 Å². The summed E-state index contributed by atoms with van der Waals surface area (Å²) in [5, 5.41) is 3.07. The van der Waals surface area contributed by atoms with Crippen LogP contribution in [0.5, 0.6) is 0 Å². The van der Waals surface area contributed by atoms with Gasteiger partial charge in [-0.2, -0.15) is 11.8 Å². The number of hydrogen-bond acceptors (Lipinski definition) is 4. The molecule has 0 spiro atoms. The summed E-state index contributed by atoms with van der Waals surface area (Å²) in [6.45, 7) is 1.33. The molecule has 0 bridgehead atoms. The summed E-state index contributed by atoms with van der Waals surface area (Å²) in [7, 11) is -1.33. The smallest absolute Gasteiger partial charge is 0.215 e. The lowest BCUT2D eigenvalue weighted by Crippen LogP contribution is -2.26. The second kappa shape index (κ2) is 10.2. The highest BCUT2D eigenvalue weighted by molar-refractivity contribution is 7.98. The van der Waals surface area contributed by atoms with Gasteiger partial charge in [-0.1, -0.05) is 30.7 Å². The highest BCUT2D eigenvalue weighted by atomic mass is 32.2. The van der Waals surface area contributed by atoms with Gasteiger partial charge in [0.1, 0.15) is 0 Å². The molecule has 21 heavy (non-hydrogen) atoms. The molecule has 0 atom stereocenters. The van der Waals surface area contributed by atoms with Crippen LogP contribution in [0.25, 0.3) is 0 Å². The molecule has 1 aromatic carbocycles. The van der Waals surface area contributed by atoms with Crippen molar-refractivity contribution in [2.24, 2.45) is 0 Å². The van der Waals surface area contributed by atoms with E-state index in [-0.39, 0.29) is 5.75 Å². The van der Waals surface area contributed by atoms with E-state index >= 15 is 0 Å². The third-order valence-electron chi connectivity index (χ3n) is 3.11. The molecule has 0 amide bonds. The molecular weight excluding hydrogens is 304 g/mol. The maximum atomic E-state index is 12.0. The van der Waals surface area contributed by atoms with Gasteiger partial charge in [-0.15, -0.1) is 0 Å². The zero-order chi connectivity index (χ0) is 15.6. The molecule has 0 fully saturated rings. The summed E-state index contributed by atoms with van der Waals surface area (Å²) in [6, 6.07) is 7.68. The first kappa shape index (κ1) is 18.5. The number of hydrogen-bond donors (Lipinski definition) is 2. The minimum Gasteiger partial charge on any atom is -0.316 e. The second-order valence-corrected chi connectivity index (χ2v) is 7.85. The van der Waals surface area contributed by atoms with Crippen LogP contribution < -0.4 is 10.0 Å². The molecule has 120 valence electrons. The van der Waals surface area contributed by atoms with Crippen molar-refractivity contribution in [3.8, 4) is 0 Å². The fraction of sp³-hybridized carbons (Fsp3) is 0.600. The number of unbranched alkanes of at least 4 members (excludes halogenated alkanes) is 2. The van der Waals surface area contributed by atoms with Gasteiger partial charge in [0.2, 0.25) is 10.0 Å². The lowest BCUT2D eigenvalue weighted by molar-refractivity contribution is 0.575. The predicted molar refractivity (Wildman–Crippen MR) is 92.1 cm³/mol. The molecule has 0 aliphatic carbocycles. The zero-order valence-electron chi connectivity index (χ0n) is 12.9. The Morgan fingerprint density at radius 2 is 1.71 bits per heavy atom. The Morgan fingerprint density at radius 3 is 2.33 bits per heavy atom. The maximum absolute atomic E-state index is 12.0. The first-order chi connectivity index (χ1) is 10.1. The van der Waals surface area contributed by atoms with Crippen LogP contribution in [0, 0.1) is 0 Å². The first-order valence-electron chi connectivity index (χ1n) is 7.26. The van der Waals surface area contributed by atoms with Gasteiger partial charge in [0.25, 0.3) is 0 Å². The van der Waals surface area contributed by atoms with E-state index in [1.807, 2.05) is 43.1 Å². The highest BCUT2D eigenvalue weighted by Crippen LogP contribution is 2.08. The Morgan fingerprint density at radius 1 is 1.05 bits per heavy atom. The minimum atomic E-state index is -3.22. The van der Waals surface area contributed by atoms with Gasteiger partial charge in [0.05, 0.1) is 5.75 Å². The van der Waals surface area contributed by atoms with Crippen molar-refractivity contribution in [1.82, 2.24) is 10.0 Å². The van der Waals surface area contributed by atoms with Crippen LogP contribution in [0.3, 0.4) is 0 Å². The van der Waals surface area contributed by atoms with Crippen LogP contribution in [-0.4, -0.2) is 34.0 Å². The third kappa shape index (κ3) is 8.46. The quantitative estimate of drug-likeness (QED) is 0.612. The fourth-order valence-corrected chi connectivity index (χ4v) is 3.69. The molecule has 0 radical (unpaired) electrons. The van der Waals surface area contributed by atoms with Gasteiger partial charge in [-0.05, 0) is 43.0 Å². The van der Waals surface area contributed by atoms with Gasteiger partial charge in [0.15, 0.2) is 0 Å². The molecule has 0 saturated heterocycles. The van der Waals surface area contributed by atoms with Gasteiger partial charge in [0, 0.05) is 13.1 Å². The van der Waals surface area contributed by atoms with E-state index in [1.54, 1.807) is 0 Å². The summed E-state index contributed by atoms with van der Waals surface area (Å²) < 4.78 is 26.6. The van der Waals surface area contributed by atoms with Gasteiger partial charge in [-0.25, -0.2) is 13.1 Å². The molecule has 1 rings (SSSR count). The molecule has 0 aromatic heterocycles. The Labute approximate surface area is 133 Å². The van der Waals surface area contributed by atoms with Crippen molar-refractivity contribution in [3.05, 3.63) is 35.4 Å². The summed E-state index contributed by atoms with van der Waals surface area (Å²) in [5.74, 6) is 1.20. The SMILES string of the molecule is CNCc1ccc(CS(=O)(=O)NCCCCCSC)cc1. The number of rotatable bonds is 11. The molecular formula is C15H26N2O2S2. The van der Waals surface area contributed by atoms with E-state index in [2.05, 4.69) is 16.3 Å². The molecule has 4 nitrogen and oxygen atoms in total. The largest absolute Gasteiger partial charge is 0.316 e. The first-order valence-corrected chi connectivity index (χ1v) is 10.3. The minimum absolute atomic E-state index is 0.0532. The van der Waals surface area contributed by atoms with E-state index in [0.717, 1.165) is 42.7 Å². The van der Waals surface area contributed by atoms with Gasteiger partial charge in [-0.3, -0.25) is 0 Å². The highest BCUT2D eigenvalue weighted by Gasteiger charge is 2.10. The van der Waals surface area contributed by atoms with Crippen LogP contribution in [-0.2, 0) is 22.3 Å². The van der Waals surface area contributed by atoms with E-state index in [4.69, 9.17) is 0 Å². The predicted octanol–water partition coefficient (Wildman–Crippen LogP) is 2.36. The Balaban J connectivity index is 2.34. The van der Waals surface area contributed by atoms with Crippen molar-refractivity contribution < 1.29 is 8.42 Å². The van der Waals surface area contributed by atoms with Crippen LogP contribution in [0.4, 0.5) is 0 Å². The van der Waals surface area contributed by atoms with Crippen molar-refractivity contribution in [2.75, 3.05) is 25.6 Å². The molecule has 1 aromatic rings. The van der Waals surface area contributed by atoms with Crippen molar-refractivity contribution >= 4 is 21.8 Å². The van der Waals surface area contributed by atoms with Crippen molar-refractivity contribution in [2.45, 2.75) is 31.6 Å². The Bertz CT molecular complexity index is 487. The maximum Gasteiger partial charge on any atom is 0.215 e. The number of nitrogens with one attached hydrogen (secondary N) is 2. The molecule has 2 N–H and O–H groups in total. The molecule has 0 unspecified atom stereocenters. The van der Waals surface area contributed by atoms with Gasteiger partial charge >= 0.3 is 0 Å². The number of thioether (sulfide) groups is 1. The molecule has 0 heterocycles. The van der Waals surface area contributed by atoms with Crippen LogP contribution in [0.1, 0.15) is 30.4 Å². The normalized spacial score (nSPS) is 11.7. The monoisotopic (exact) mass is 330 g/mol. The lowest BCUT2D eigenvalue weighted by Gasteiger charge is -2.07.